The maximum Gasteiger partial charge on any atom is 0.260 e. The van der Waals surface area contributed by atoms with E-state index >= 15 is 0 Å². The summed E-state index contributed by atoms with van der Waals surface area (Å²) in [6.07, 6.45) is -0.609. The Kier molecular flexibility index (Phi) is 7.41. The Morgan fingerprint density at radius 1 is 0.889 bits per heavy atom. The second-order valence-electron chi connectivity index (χ2n) is 6.90. The first-order valence-corrected chi connectivity index (χ1v) is 9.26. The smallest absolute Gasteiger partial charge is 0.260 e. The molecule has 2 aromatic carbocycles. The quantitative estimate of drug-likeness (QED) is 0.702. The van der Waals surface area contributed by atoms with Crippen LogP contribution in [0.2, 0.25) is 0 Å². The number of amides is 2. The fourth-order valence-corrected chi connectivity index (χ4v) is 2.50. The predicted molar refractivity (Wildman–Crippen MR) is 107 cm³/mol. The van der Waals surface area contributed by atoms with Gasteiger partial charge in [-0.25, -0.2) is 0 Å². The van der Waals surface area contributed by atoms with Crippen LogP contribution in [0.1, 0.15) is 48.2 Å². The van der Waals surface area contributed by atoms with Gasteiger partial charge in [-0.2, -0.15) is 0 Å². The third-order valence-corrected chi connectivity index (χ3v) is 4.25. The molecule has 0 aliphatic heterocycles. The minimum Gasteiger partial charge on any atom is -0.481 e. The van der Waals surface area contributed by atoms with Crippen LogP contribution in [-0.2, 0) is 4.79 Å². The van der Waals surface area contributed by atoms with Crippen molar-refractivity contribution >= 4 is 11.8 Å². The molecule has 144 valence electrons. The normalized spacial score (nSPS) is 11.7. The molecular weight excluding hydrogens is 340 g/mol. The van der Waals surface area contributed by atoms with Gasteiger partial charge in [0.25, 0.3) is 11.8 Å². The summed E-state index contributed by atoms with van der Waals surface area (Å²) in [5.74, 6) is 0.746. The van der Waals surface area contributed by atoms with Gasteiger partial charge in [0.1, 0.15) is 5.75 Å². The number of carbonyl (C=O) groups is 2. The molecule has 0 fully saturated rings. The molecule has 2 N–H and O–H groups in total. The maximum absolute atomic E-state index is 12.1. The van der Waals surface area contributed by atoms with Gasteiger partial charge in [-0.1, -0.05) is 43.7 Å². The number of rotatable bonds is 8. The van der Waals surface area contributed by atoms with Crippen molar-refractivity contribution in [2.45, 2.75) is 39.7 Å². The van der Waals surface area contributed by atoms with E-state index in [9.17, 15) is 9.59 Å². The van der Waals surface area contributed by atoms with Crippen LogP contribution in [0.5, 0.6) is 5.75 Å². The molecule has 0 aromatic heterocycles. The molecule has 1 atom stereocenters. The van der Waals surface area contributed by atoms with Gasteiger partial charge in [0.15, 0.2) is 6.10 Å². The van der Waals surface area contributed by atoms with Crippen LogP contribution in [0.25, 0.3) is 0 Å². The highest BCUT2D eigenvalue weighted by atomic mass is 16.5. The van der Waals surface area contributed by atoms with E-state index in [4.69, 9.17) is 4.74 Å². The van der Waals surface area contributed by atoms with Crippen LogP contribution in [0.3, 0.4) is 0 Å². The minimum atomic E-state index is -0.609. The first-order chi connectivity index (χ1) is 12.9. The molecule has 5 heteroatoms. The topological polar surface area (TPSA) is 67.4 Å². The lowest BCUT2D eigenvalue weighted by Gasteiger charge is -2.15. The largest absolute Gasteiger partial charge is 0.481 e. The second kappa shape index (κ2) is 9.76. The molecule has 5 nitrogen and oxygen atoms in total. The Bertz CT molecular complexity index is 752. The van der Waals surface area contributed by atoms with Gasteiger partial charge >= 0.3 is 0 Å². The lowest BCUT2D eigenvalue weighted by molar-refractivity contribution is -0.127. The highest BCUT2D eigenvalue weighted by Crippen LogP contribution is 2.19. The van der Waals surface area contributed by atoms with Crippen LogP contribution in [0, 0.1) is 6.92 Å². The molecule has 0 saturated carbocycles. The average molecular weight is 368 g/mol. The van der Waals surface area contributed by atoms with E-state index < -0.39 is 6.10 Å². The zero-order chi connectivity index (χ0) is 19.8. The van der Waals surface area contributed by atoms with E-state index in [0.717, 1.165) is 5.56 Å². The second-order valence-corrected chi connectivity index (χ2v) is 6.90. The van der Waals surface area contributed by atoms with Crippen LogP contribution < -0.4 is 15.4 Å². The lowest BCUT2D eigenvalue weighted by Crippen LogP contribution is -2.40. The van der Waals surface area contributed by atoms with E-state index in [1.165, 1.54) is 5.56 Å². The van der Waals surface area contributed by atoms with Crippen molar-refractivity contribution in [1.29, 1.82) is 0 Å². The van der Waals surface area contributed by atoms with Crippen LogP contribution in [0.15, 0.2) is 48.5 Å². The van der Waals surface area contributed by atoms with E-state index in [0.29, 0.717) is 30.3 Å². The highest BCUT2D eigenvalue weighted by Gasteiger charge is 2.14. The number of aryl methyl sites for hydroxylation is 1. The molecule has 1 unspecified atom stereocenters. The Labute approximate surface area is 161 Å². The number of benzene rings is 2. The highest BCUT2D eigenvalue weighted by molar-refractivity contribution is 5.94. The van der Waals surface area contributed by atoms with Gasteiger partial charge in [0, 0.05) is 18.7 Å². The summed E-state index contributed by atoms with van der Waals surface area (Å²) in [6, 6.07) is 15.1. The number of hydrogen-bond acceptors (Lipinski definition) is 3. The fraction of sp³-hybridized carbons (Fsp3) is 0.364. The Morgan fingerprint density at radius 2 is 1.48 bits per heavy atom. The summed E-state index contributed by atoms with van der Waals surface area (Å²) in [6.45, 7) is 8.63. The van der Waals surface area contributed by atoms with Crippen LogP contribution in [-0.4, -0.2) is 31.0 Å². The molecule has 0 radical (unpaired) electrons. The maximum atomic E-state index is 12.1. The third kappa shape index (κ3) is 6.44. The standard InChI is InChI=1S/C22H28N2O3/c1-15(2)18-9-11-20(12-10-18)27-17(4)21(25)23-13-14-24-22(26)19-7-5-16(3)6-8-19/h5-12,15,17H,13-14H2,1-4H3,(H,23,25)(H,24,26). The molecule has 0 aliphatic carbocycles. The third-order valence-electron chi connectivity index (χ3n) is 4.25. The molecular formula is C22H28N2O3. The van der Waals surface area contributed by atoms with Gasteiger partial charge in [-0.05, 0) is 49.6 Å². The SMILES string of the molecule is Cc1ccc(C(=O)NCCNC(=O)C(C)Oc2ccc(C(C)C)cc2)cc1. The van der Waals surface area contributed by atoms with Gasteiger partial charge < -0.3 is 15.4 Å². The Hall–Kier alpha value is -2.82. The molecule has 0 bridgehead atoms. The van der Waals surface area contributed by atoms with Crippen molar-refractivity contribution in [3.8, 4) is 5.75 Å². The van der Waals surface area contributed by atoms with Gasteiger partial charge in [-0.15, -0.1) is 0 Å². The predicted octanol–water partition coefficient (Wildman–Crippen LogP) is 3.43. The monoisotopic (exact) mass is 368 g/mol. The van der Waals surface area contributed by atoms with Crippen molar-refractivity contribution in [1.82, 2.24) is 10.6 Å². The van der Waals surface area contributed by atoms with Crippen molar-refractivity contribution < 1.29 is 14.3 Å². The van der Waals surface area contributed by atoms with E-state index in [-0.39, 0.29) is 11.8 Å². The molecule has 0 saturated heterocycles. The number of hydrogen-bond donors (Lipinski definition) is 2. The van der Waals surface area contributed by atoms with Gasteiger partial charge in [0.2, 0.25) is 0 Å². The van der Waals surface area contributed by atoms with Crippen molar-refractivity contribution in [2.24, 2.45) is 0 Å². The first kappa shape index (κ1) is 20.5. The molecule has 27 heavy (non-hydrogen) atoms. The summed E-state index contributed by atoms with van der Waals surface area (Å²) in [5.41, 5.74) is 2.93. The minimum absolute atomic E-state index is 0.154. The molecule has 2 rings (SSSR count). The molecule has 0 spiro atoms. The van der Waals surface area contributed by atoms with E-state index in [2.05, 4.69) is 24.5 Å². The van der Waals surface area contributed by atoms with Crippen molar-refractivity contribution in [3.63, 3.8) is 0 Å². The van der Waals surface area contributed by atoms with Crippen LogP contribution in [0.4, 0.5) is 0 Å². The zero-order valence-corrected chi connectivity index (χ0v) is 16.4. The molecule has 0 heterocycles. The lowest BCUT2D eigenvalue weighted by atomic mass is 10.0. The molecule has 2 aromatic rings. The average Bonchev–Trinajstić information content (AvgIpc) is 2.65. The summed E-state index contributed by atoms with van der Waals surface area (Å²) in [7, 11) is 0. The summed E-state index contributed by atoms with van der Waals surface area (Å²) in [4.78, 5) is 24.1. The summed E-state index contributed by atoms with van der Waals surface area (Å²) >= 11 is 0. The van der Waals surface area contributed by atoms with Crippen LogP contribution >= 0.6 is 0 Å². The Balaban J connectivity index is 1.71. The van der Waals surface area contributed by atoms with E-state index in [1.807, 2.05) is 43.3 Å². The fourth-order valence-electron chi connectivity index (χ4n) is 2.50. The van der Waals surface area contributed by atoms with Crippen molar-refractivity contribution in [3.05, 3.63) is 65.2 Å². The molecule has 2 amide bonds. The number of ether oxygens (including phenoxy) is 1. The summed E-state index contributed by atoms with van der Waals surface area (Å²) < 4.78 is 5.67. The number of nitrogens with one attached hydrogen (secondary N) is 2. The van der Waals surface area contributed by atoms with Gasteiger partial charge in [-0.3, -0.25) is 9.59 Å². The van der Waals surface area contributed by atoms with E-state index in [1.54, 1.807) is 19.1 Å². The zero-order valence-electron chi connectivity index (χ0n) is 16.4. The first-order valence-electron chi connectivity index (χ1n) is 9.26. The van der Waals surface area contributed by atoms with Gasteiger partial charge in [0.05, 0.1) is 0 Å². The summed E-state index contributed by atoms with van der Waals surface area (Å²) in [5, 5.41) is 5.55. The molecule has 0 aliphatic rings. The number of carbonyl (C=O) groups excluding carboxylic acids is 2. The Morgan fingerprint density at radius 3 is 2.07 bits per heavy atom. The van der Waals surface area contributed by atoms with Crippen molar-refractivity contribution in [2.75, 3.05) is 13.1 Å².